The van der Waals surface area contributed by atoms with E-state index in [1.807, 2.05) is 12.1 Å². The van der Waals surface area contributed by atoms with Gasteiger partial charge in [-0.2, -0.15) is 0 Å². The molecule has 0 saturated heterocycles. The summed E-state index contributed by atoms with van der Waals surface area (Å²) in [5.74, 6) is 2.06. The van der Waals surface area contributed by atoms with E-state index in [1.54, 1.807) is 0 Å². The second-order valence-electron chi connectivity index (χ2n) is 6.87. The summed E-state index contributed by atoms with van der Waals surface area (Å²) in [5.41, 5.74) is 2.56. The smallest absolute Gasteiger partial charge is 0.122 e. The first-order valence-corrected chi connectivity index (χ1v) is 10.5. The van der Waals surface area contributed by atoms with Crippen molar-refractivity contribution in [3.05, 3.63) is 59.7 Å². The molecule has 0 radical (unpaired) electrons. The Labute approximate surface area is 165 Å². The number of hydrogen-bond donors (Lipinski definition) is 1. The zero-order valence-corrected chi connectivity index (χ0v) is 17.0. The molecule has 2 aromatic rings. The van der Waals surface area contributed by atoms with E-state index in [0.29, 0.717) is 0 Å². The summed E-state index contributed by atoms with van der Waals surface area (Å²) in [4.78, 5) is 0. The Balaban J connectivity index is 1.73. The summed E-state index contributed by atoms with van der Waals surface area (Å²) in [5, 5.41) is 3.56. The summed E-state index contributed by atoms with van der Waals surface area (Å²) in [6.07, 6.45) is 6.49. The Morgan fingerprint density at radius 1 is 0.667 bits per heavy atom. The van der Waals surface area contributed by atoms with Gasteiger partial charge < -0.3 is 14.8 Å². The van der Waals surface area contributed by atoms with Gasteiger partial charge in [0.25, 0.3) is 0 Å². The van der Waals surface area contributed by atoms with Crippen molar-refractivity contribution in [2.75, 3.05) is 26.3 Å². The van der Waals surface area contributed by atoms with Crippen LogP contribution in [0.1, 0.15) is 50.7 Å². The average molecular weight is 370 g/mol. The van der Waals surface area contributed by atoms with Crippen LogP contribution in [-0.4, -0.2) is 26.3 Å². The first-order chi connectivity index (χ1) is 13.3. The van der Waals surface area contributed by atoms with Gasteiger partial charge in [0.05, 0.1) is 13.2 Å². The second kappa shape index (κ2) is 13.2. The molecular formula is C24H35NO2. The lowest BCUT2D eigenvalue weighted by Crippen LogP contribution is -2.20. The first-order valence-electron chi connectivity index (χ1n) is 10.5. The monoisotopic (exact) mass is 369 g/mol. The van der Waals surface area contributed by atoms with Crippen LogP contribution in [0.15, 0.2) is 48.5 Å². The predicted molar refractivity (Wildman–Crippen MR) is 114 cm³/mol. The van der Waals surface area contributed by atoms with Gasteiger partial charge in [-0.3, -0.25) is 0 Å². The molecule has 3 nitrogen and oxygen atoms in total. The maximum atomic E-state index is 5.92. The van der Waals surface area contributed by atoms with E-state index >= 15 is 0 Å². The maximum Gasteiger partial charge on any atom is 0.122 e. The normalized spacial score (nSPS) is 10.7. The molecule has 0 amide bonds. The molecule has 3 heteroatoms. The molecular weight excluding hydrogens is 334 g/mol. The molecule has 0 saturated carbocycles. The molecule has 0 aromatic heterocycles. The number of unbranched alkanes of at least 4 members (excludes halogenated alkanes) is 2. The van der Waals surface area contributed by atoms with Gasteiger partial charge in [0.15, 0.2) is 0 Å². The number of nitrogens with one attached hydrogen (secondary N) is 1. The third kappa shape index (κ3) is 8.04. The van der Waals surface area contributed by atoms with Gasteiger partial charge >= 0.3 is 0 Å². The Morgan fingerprint density at radius 2 is 1.11 bits per heavy atom. The van der Waals surface area contributed by atoms with Crippen LogP contribution in [-0.2, 0) is 12.8 Å². The predicted octanol–water partition coefficient (Wildman–Crippen LogP) is 5.42. The molecule has 0 aliphatic heterocycles. The third-order valence-electron chi connectivity index (χ3n) is 4.60. The molecule has 0 atom stereocenters. The van der Waals surface area contributed by atoms with Gasteiger partial charge in [-0.15, -0.1) is 0 Å². The summed E-state index contributed by atoms with van der Waals surface area (Å²) in [7, 11) is 0. The Bertz CT molecular complexity index is 586. The number of hydrogen-bond acceptors (Lipinski definition) is 3. The quantitative estimate of drug-likeness (QED) is 0.451. The Morgan fingerprint density at radius 3 is 1.56 bits per heavy atom. The van der Waals surface area contributed by atoms with Crippen LogP contribution in [0, 0.1) is 0 Å². The summed E-state index contributed by atoms with van der Waals surface area (Å²) in [6.45, 7) is 7.88. The molecule has 0 aliphatic carbocycles. The highest BCUT2D eigenvalue weighted by Gasteiger charge is 2.04. The van der Waals surface area contributed by atoms with Crippen molar-refractivity contribution in [1.82, 2.24) is 5.32 Å². The van der Waals surface area contributed by atoms with E-state index in [0.717, 1.165) is 76.3 Å². The molecule has 1 N–H and O–H groups in total. The zero-order chi connectivity index (χ0) is 19.2. The fraction of sp³-hybridized carbons (Fsp3) is 0.500. The van der Waals surface area contributed by atoms with Gasteiger partial charge in [0, 0.05) is 0 Å². The SMILES string of the molecule is CCCCOc1ccccc1CCNCCc1ccccc1OCCCC. The largest absolute Gasteiger partial charge is 0.493 e. The standard InChI is InChI=1S/C24H35NO2/c1-3-5-19-26-23-13-9-7-11-21(23)15-17-25-18-16-22-12-8-10-14-24(22)27-20-6-4-2/h7-14,25H,3-6,15-20H2,1-2H3. The highest BCUT2D eigenvalue weighted by Crippen LogP contribution is 2.20. The van der Waals surface area contributed by atoms with Crippen LogP contribution in [0.4, 0.5) is 0 Å². The lowest BCUT2D eigenvalue weighted by Gasteiger charge is -2.13. The van der Waals surface area contributed by atoms with Crippen LogP contribution in [0.25, 0.3) is 0 Å². The number of para-hydroxylation sites is 2. The van der Waals surface area contributed by atoms with Gasteiger partial charge in [-0.1, -0.05) is 63.1 Å². The van der Waals surface area contributed by atoms with Crippen LogP contribution in [0.3, 0.4) is 0 Å². The highest BCUT2D eigenvalue weighted by molar-refractivity contribution is 5.34. The number of rotatable bonds is 14. The molecule has 2 aromatic carbocycles. The lowest BCUT2D eigenvalue weighted by molar-refractivity contribution is 0.306. The number of benzene rings is 2. The second-order valence-corrected chi connectivity index (χ2v) is 6.87. The van der Waals surface area contributed by atoms with E-state index in [-0.39, 0.29) is 0 Å². The van der Waals surface area contributed by atoms with Crippen LogP contribution in [0.2, 0.25) is 0 Å². The minimum Gasteiger partial charge on any atom is -0.493 e. The minimum atomic E-state index is 0.801. The van der Waals surface area contributed by atoms with Crippen molar-refractivity contribution < 1.29 is 9.47 Å². The zero-order valence-electron chi connectivity index (χ0n) is 17.0. The average Bonchev–Trinajstić information content (AvgIpc) is 2.70. The van der Waals surface area contributed by atoms with Crippen molar-refractivity contribution >= 4 is 0 Å². The van der Waals surface area contributed by atoms with E-state index < -0.39 is 0 Å². The van der Waals surface area contributed by atoms with E-state index in [1.165, 1.54) is 11.1 Å². The van der Waals surface area contributed by atoms with Crippen LogP contribution < -0.4 is 14.8 Å². The molecule has 0 aliphatic rings. The summed E-state index contributed by atoms with van der Waals surface area (Å²) < 4.78 is 11.8. The Kier molecular flexibility index (Phi) is 10.4. The molecule has 27 heavy (non-hydrogen) atoms. The Hall–Kier alpha value is -2.00. The fourth-order valence-corrected chi connectivity index (χ4v) is 2.93. The molecule has 0 unspecified atom stereocenters. The first kappa shape index (κ1) is 21.3. The van der Waals surface area contributed by atoms with Crippen molar-refractivity contribution in [2.24, 2.45) is 0 Å². The molecule has 0 fully saturated rings. The third-order valence-corrected chi connectivity index (χ3v) is 4.60. The lowest BCUT2D eigenvalue weighted by atomic mass is 10.1. The molecule has 0 heterocycles. The molecule has 0 spiro atoms. The van der Waals surface area contributed by atoms with Gasteiger partial charge in [0.2, 0.25) is 0 Å². The number of ether oxygens (including phenoxy) is 2. The van der Waals surface area contributed by atoms with Crippen molar-refractivity contribution in [3.8, 4) is 11.5 Å². The van der Waals surface area contributed by atoms with Crippen molar-refractivity contribution in [3.63, 3.8) is 0 Å². The van der Waals surface area contributed by atoms with Gasteiger partial charge in [-0.25, -0.2) is 0 Å². The summed E-state index contributed by atoms with van der Waals surface area (Å²) in [6, 6.07) is 16.8. The fourth-order valence-electron chi connectivity index (χ4n) is 2.93. The topological polar surface area (TPSA) is 30.5 Å². The molecule has 148 valence electrons. The van der Waals surface area contributed by atoms with Gasteiger partial charge in [0.1, 0.15) is 11.5 Å². The van der Waals surface area contributed by atoms with Gasteiger partial charge in [-0.05, 0) is 62.0 Å². The van der Waals surface area contributed by atoms with Crippen LogP contribution in [0.5, 0.6) is 11.5 Å². The molecule has 2 rings (SSSR count). The highest BCUT2D eigenvalue weighted by atomic mass is 16.5. The van der Waals surface area contributed by atoms with Crippen molar-refractivity contribution in [1.29, 1.82) is 0 Å². The van der Waals surface area contributed by atoms with E-state index in [4.69, 9.17) is 9.47 Å². The van der Waals surface area contributed by atoms with Crippen molar-refractivity contribution in [2.45, 2.75) is 52.4 Å². The van der Waals surface area contributed by atoms with Crippen LogP contribution >= 0.6 is 0 Å². The summed E-state index contributed by atoms with van der Waals surface area (Å²) >= 11 is 0. The maximum absolute atomic E-state index is 5.92. The van der Waals surface area contributed by atoms with E-state index in [2.05, 4.69) is 55.6 Å². The van der Waals surface area contributed by atoms with E-state index in [9.17, 15) is 0 Å². The minimum absolute atomic E-state index is 0.801. The molecule has 0 bridgehead atoms.